The van der Waals surface area contributed by atoms with Gasteiger partial charge in [0.05, 0.1) is 0 Å². The van der Waals surface area contributed by atoms with E-state index in [1.165, 1.54) is 37.8 Å². The summed E-state index contributed by atoms with van der Waals surface area (Å²) in [5.74, 6) is 0.968. The molecule has 1 saturated carbocycles. The van der Waals surface area contributed by atoms with Gasteiger partial charge in [0.15, 0.2) is 0 Å². The van der Waals surface area contributed by atoms with Gasteiger partial charge in [0, 0.05) is 6.54 Å². The molecule has 70 valence electrons. The Hall–Kier alpha value is -0.300. The summed E-state index contributed by atoms with van der Waals surface area (Å²) < 4.78 is 0. The summed E-state index contributed by atoms with van der Waals surface area (Å²) >= 11 is 0. The minimum absolute atomic E-state index is 0.968. The average Bonchev–Trinajstić information content (AvgIpc) is 2.49. The molecule has 1 nitrogen and oxygen atoms in total. The van der Waals surface area contributed by atoms with Gasteiger partial charge in [-0.05, 0) is 39.2 Å². The lowest BCUT2D eigenvalue weighted by Crippen LogP contribution is -2.21. The van der Waals surface area contributed by atoms with Crippen LogP contribution in [0.1, 0.15) is 39.5 Å². The summed E-state index contributed by atoms with van der Waals surface area (Å²) in [5, 5.41) is 3.48. The van der Waals surface area contributed by atoms with Crippen LogP contribution >= 0.6 is 0 Å². The molecule has 1 aliphatic carbocycles. The van der Waals surface area contributed by atoms with Crippen LogP contribution in [0.5, 0.6) is 0 Å². The van der Waals surface area contributed by atoms with Crippen molar-refractivity contribution < 1.29 is 0 Å². The van der Waals surface area contributed by atoms with Gasteiger partial charge in [0.1, 0.15) is 0 Å². The van der Waals surface area contributed by atoms with E-state index in [1.807, 2.05) is 0 Å². The molecule has 0 aliphatic heterocycles. The van der Waals surface area contributed by atoms with Crippen molar-refractivity contribution in [1.29, 1.82) is 0 Å². The number of rotatable bonds is 4. The smallest absolute Gasteiger partial charge is 0.0137 e. The molecule has 0 heterocycles. The summed E-state index contributed by atoms with van der Waals surface area (Å²) in [6.45, 7) is 6.58. The van der Waals surface area contributed by atoms with Crippen LogP contribution in [-0.2, 0) is 0 Å². The molecule has 1 fully saturated rings. The molecule has 1 N–H and O–H groups in total. The van der Waals surface area contributed by atoms with E-state index in [0.717, 1.165) is 12.5 Å². The van der Waals surface area contributed by atoms with Gasteiger partial charge in [0.25, 0.3) is 0 Å². The number of hydrogen-bond acceptors (Lipinski definition) is 1. The number of hydrogen-bond donors (Lipinski definition) is 1. The van der Waals surface area contributed by atoms with Crippen molar-refractivity contribution in [3.63, 3.8) is 0 Å². The van der Waals surface area contributed by atoms with Crippen LogP contribution in [0.15, 0.2) is 11.6 Å². The predicted molar refractivity (Wildman–Crippen MR) is 54.3 cm³/mol. The lowest BCUT2D eigenvalue weighted by atomic mass is 10.1. The van der Waals surface area contributed by atoms with Crippen molar-refractivity contribution in [2.75, 3.05) is 13.1 Å². The quantitative estimate of drug-likeness (QED) is 0.501. The first-order valence-electron chi connectivity index (χ1n) is 5.13. The van der Waals surface area contributed by atoms with E-state index in [-0.39, 0.29) is 0 Å². The molecule has 0 bridgehead atoms. The van der Waals surface area contributed by atoms with Crippen LogP contribution in [0.25, 0.3) is 0 Å². The fourth-order valence-electron chi connectivity index (χ4n) is 1.78. The Morgan fingerprint density at radius 3 is 2.58 bits per heavy atom. The van der Waals surface area contributed by atoms with Crippen LogP contribution in [0.2, 0.25) is 0 Å². The molecular formula is C11H21N. The van der Waals surface area contributed by atoms with Crippen LogP contribution in [0.3, 0.4) is 0 Å². The zero-order chi connectivity index (χ0) is 8.81. The van der Waals surface area contributed by atoms with E-state index in [4.69, 9.17) is 0 Å². The molecule has 1 rings (SSSR count). The minimum Gasteiger partial charge on any atom is -0.313 e. The van der Waals surface area contributed by atoms with E-state index >= 15 is 0 Å². The highest BCUT2D eigenvalue weighted by Crippen LogP contribution is 2.23. The van der Waals surface area contributed by atoms with E-state index in [2.05, 4.69) is 25.2 Å². The van der Waals surface area contributed by atoms with E-state index in [0.29, 0.717) is 0 Å². The monoisotopic (exact) mass is 167 g/mol. The van der Waals surface area contributed by atoms with Gasteiger partial charge in [0.2, 0.25) is 0 Å². The maximum absolute atomic E-state index is 3.48. The Kier molecular flexibility index (Phi) is 4.37. The van der Waals surface area contributed by atoms with Crippen molar-refractivity contribution in [2.24, 2.45) is 5.92 Å². The van der Waals surface area contributed by atoms with Crippen molar-refractivity contribution in [1.82, 2.24) is 5.32 Å². The maximum Gasteiger partial charge on any atom is 0.0137 e. The summed E-state index contributed by atoms with van der Waals surface area (Å²) in [4.78, 5) is 0. The molecule has 0 radical (unpaired) electrons. The Balaban J connectivity index is 1.98. The topological polar surface area (TPSA) is 12.0 Å². The highest BCUT2D eigenvalue weighted by molar-refractivity contribution is 4.94. The van der Waals surface area contributed by atoms with Gasteiger partial charge in [-0.3, -0.25) is 0 Å². The van der Waals surface area contributed by atoms with E-state index in [1.54, 1.807) is 0 Å². The Bertz CT molecular complexity index is 139. The summed E-state index contributed by atoms with van der Waals surface area (Å²) in [6, 6.07) is 0. The van der Waals surface area contributed by atoms with Crippen LogP contribution in [0, 0.1) is 5.92 Å². The fourth-order valence-corrected chi connectivity index (χ4v) is 1.78. The standard InChI is InChI=1S/C11H21N/c1-10(2)7-8-12-9-11-5-3-4-6-11/h7,11-12H,3-6,8-9H2,1-2H3. The Labute approximate surface area is 76.2 Å². The average molecular weight is 167 g/mol. The summed E-state index contributed by atoms with van der Waals surface area (Å²) in [6.07, 6.45) is 8.06. The Morgan fingerprint density at radius 1 is 1.33 bits per heavy atom. The molecule has 0 spiro atoms. The van der Waals surface area contributed by atoms with E-state index < -0.39 is 0 Å². The van der Waals surface area contributed by atoms with Gasteiger partial charge in [-0.2, -0.15) is 0 Å². The van der Waals surface area contributed by atoms with Crippen molar-refractivity contribution in [3.05, 3.63) is 11.6 Å². The molecule has 0 atom stereocenters. The van der Waals surface area contributed by atoms with Gasteiger partial charge in [-0.1, -0.05) is 24.5 Å². The SMILES string of the molecule is CC(C)=CCNCC1CCCC1. The van der Waals surface area contributed by atoms with Crippen LogP contribution in [0.4, 0.5) is 0 Å². The molecule has 12 heavy (non-hydrogen) atoms. The molecule has 0 saturated heterocycles. The lowest BCUT2D eigenvalue weighted by molar-refractivity contribution is 0.505. The second-order valence-electron chi connectivity index (χ2n) is 4.09. The predicted octanol–water partition coefficient (Wildman–Crippen LogP) is 2.73. The normalized spacial score (nSPS) is 18.2. The maximum atomic E-state index is 3.48. The molecule has 1 aliphatic rings. The van der Waals surface area contributed by atoms with Gasteiger partial charge < -0.3 is 5.32 Å². The highest BCUT2D eigenvalue weighted by Gasteiger charge is 2.13. The molecule has 0 amide bonds. The van der Waals surface area contributed by atoms with Gasteiger partial charge >= 0.3 is 0 Å². The molecule has 1 heteroatoms. The second kappa shape index (κ2) is 5.36. The third kappa shape index (κ3) is 3.91. The lowest BCUT2D eigenvalue weighted by Gasteiger charge is -2.08. The Morgan fingerprint density at radius 2 is 2.00 bits per heavy atom. The van der Waals surface area contributed by atoms with Crippen LogP contribution in [-0.4, -0.2) is 13.1 Å². The highest BCUT2D eigenvalue weighted by atomic mass is 14.8. The molecule has 0 aromatic rings. The zero-order valence-electron chi connectivity index (χ0n) is 8.40. The second-order valence-corrected chi connectivity index (χ2v) is 4.09. The minimum atomic E-state index is 0.968. The first kappa shape index (κ1) is 9.79. The third-order valence-corrected chi connectivity index (χ3v) is 2.56. The zero-order valence-corrected chi connectivity index (χ0v) is 8.40. The molecule has 0 unspecified atom stereocenters. The van der Waals surface area contributed by atoms with Gasteiger partial charge in [-0.15, -0.1) is 0 Å². The third-order valence-electron chi connectivity index (χ3n) is 2.56. The molecular weight excluding hydrogens is 146 g/mol. The van der Waals surface area contributed by atoms with E-state index in [9.17, 15) is 0 Å². The van der Waals surface area contributed by atoms with Crippen LogP contribution < -0.4 is 5.32 Å². The number of nitrogens with one attached hydrogen (secondary N) is 1. The van der Waals surface area contributed by atoms with Crippen molar-refractivity contribution in [2.45, 2.75) is 39.5 Å². The van der Waals surface area contributed by atoms with Crippen molar-refractivity contribution in [3.8, 4) is 0 Å². The van der Waals surface area contributed by atoms with Gasteiger partial charge in [-0.25, -0.2) is 0 Å². The first-order valence-corrected chi connectivity index (χ1v) is 5.13. The molecule has 0 aromatic carbocycles. The fraction of sp³-hybridized carbons (Fsp3) is 0.818. The summed E-state index contributed by atoms with van der Waals surface area (Å²) in [5.41, 5.74) is 1.41. The largest absolute Gasteiger partial charge is 0.313 e. The number of allylic oxidation sites excluding steroid dienone is 1. The molecule has 0 aromatic heterocycles. The van der Waals surface area contributed by atoms with Crippen molar-refractivity contribution >= 4 is 0 Å². The summed E-state index contributed by atoms with van der Waals surface area (Å²) in [7, 11) is 0. The first-order chi connectivity index (χ1) is 5.79.